The van der Waals surface area contributed by atoms with E-state index in [-0.39, 0.29) is 24.0 Å². The summed E-state index contributed by atoms with van der Waals surface area (Å²) in [6.07, 6.45) is 3.26. The molecule has 2 heterocycles. The first kappa shape index (κ1) is 19.2. The predicted octanol–water partition coefficient (Wildman–Crippen LogP) is 1.91. The third-order valence-electron chi connectivity index (χ3n) is 4.33. The zero-order valence-corrected chi connectivity index (χ0v) is 15.6. The van der Waals surface area contributed by atoms with Crippen molar-refractivity contribution in [1.82, 2.24) is 21.2 Å². The molecule has 28 heavy (non-hydrogen) atoms. The number of amides is 3. The normalized spacial score (nSPS) is 12.0. The lowest BCUT2D eigenvalue weighted by atomic mass is 10.0. The number of rotatable bonds is 6. The molecule has 1 aromatic carbocycles. The van der Waals surface area contributed by atoms with E-state index < -0.39 is 17.9 Å². The molecule has 8 heteroatoms. The summed E-state index contributed by atoms with van der Waals surface area (Å²) >= 11 is 0. The molecule has 0 bridgehead atoms. The SMILES string of the molecule is CC(C)[C@H](NC(=O)c1ccco1)C(=O)NNC(=O)Cc1c[nH]c2ccccc12. The molecule has 0 aliphatic rings. The standard InChI is InChI=1S/C20H22N4O4/c1-12(2)18(22-19(26)16-8-5-9-28-16)20(27)24-23-17(25)10-13-11-21-15-7-4-3-6-14(13)15/h3-9,11-12,18,21H,10H2,1-2H3,(H,22,26)(H,23,25)(H,24,27)/t18-/m0/s1. The number of carbonyl (C=O) groups excluding carboxylic acids is 3. The molecule has 0 saturated carbocycles. The summed E-state index contributed by atoms with van der Waals surface area (Å²) in [5, 5.41) is 3.56. The Kier molecular flexibility index (Phi) is 5.78. The monoisotopic (exact) mass is 382 g/mol. The van der Waals surface area contributed by atoms with E-state index in [1.807, 2.05) is 24.3 Å². The number of aromatic amines is 1. The molecule has 4 N–H and O–H groups in total. The first-order valence-electron chi connectivity index (χ1n) is 8.93. The lowest BCUT2D eigenvalue weighted by molar-refractivity contribution is -0.130. The quantitative estimate of drug-likeness (QED) is 0.487. The van der Waals surface area contributed by atoms with Gasteiger partial charge in [-0.25, -0.2) is 0 Å². The van der Waals surface area contributed by atoms with E-state index in [1.165, 1.54) is 12.3 Å². The van der Waals surface area contributed by atoms with E-state index in [0.717, 1.165) is 16.5 Å². The summed E-state index contributed by atoms with van der Waals surface area (Å²) in [4.78, 5) is 39.9. The Morgan fingerprint density at radius 2 is 1.86 bits per heavy atom. The fourth-order valence-electron chi connectivity index (χ4n) is 2.86. The van der Waals surface area contributed by atoms with Gasteiger partial charge in [-0.15, -0.1) is 0 Å². The summed E-state index contributed by atoms with van der Waals surface area (Å²) < 4.78 is 5.03. The molecule has 0 unspecified atom stereocenters. The van der Waals surface area contributed by atoms with Crippen molar-refractivity contribution in [3.63, 3.8) is 0 Å². The fraction of sp³-hybridized carbons (Fsp3) is 0.250. The Balaban J connectivity index is 1.56. The number of nitrogens with one attached hydrogen (secondary N) is 4. The Hall–Kier alpha value is -3.55. The topological polar surface area (TPSA) is 116 Å². The third kappa shape index (κ3) is 4.40. The molecule has 0 spiro atoms. The van der Waals surface area contributed by atoms with Crippen LogP contribution in [0.3, 0.4) is 0 Å². The Labute approximate surface area is 161 Å². The number of hydrazine groups is 1. The van der Waals surface area contributed by atoms with E-state index in [1.54, 1.807) is 26.1 Å². The van der Waals surface area contributed by atoms with Crippen LogP contribution in [-0.2, 0) is 16.0 Å². The molecule has 146 valence electrons. The number of benzene rings is 1. The van der Waals surface area contributed by atoms with Gasteiger partial charge >= 0.3 is 0 Å². The molecule has 3 aromatic rings. The molecule has 2 aromatic heterocycles. The summed E-state index contributed by atoms with van der Waals surface area (Å²) in [5.41, 5.74) is 6.55. The van der Waals surface area contributed by atoms with Crippen LogP contribution in [0.2, 0.25) is 0 Å². The van der Waals surface area contributed by atoms with Gasteiger partial charge in [0.1, 0.15) is 6.04 Å². The maximum absolute atomic E-state index is 12.4. The summed E-state index contributed by atoms with van der Waals surface area (Å²) in [6.45, 7) is 3.58. The molecular formula is C20H22N4O4. The first-order chi connectivity index (χ1) is 13.5. The second kappa shape index (κ2) is 8.43. The summed E-state index contributed by atoms with van der Waals surface area (Å²) in [7, 11) is 0. The number of fused-ring (bicyclic) bond motifs is 1. The zero-order valence-electron chi connectivity index (χ0n) is 15.6. The molecule has 0 radical (unpaired) electrons. The molecule has 1 atom stereocenters. The van der Waals surface area contributed by atoms with Crippen molar-refractivity contribution in [3.05, 3.63) is 60.2 Å². The molecule has 0 fully saturated rings. The Morgan fingerprint density at radius 1 is 1.07 bits per heavy atom. The molecule has 0 aliphatic carbocycles. The van der Waals surface area contributed by atoms with Gasteiger partial charge in [0, 0.05) is 17.1 Å². The molecule has 3 amide bonds. The fourth-order valence-corrected chi connectivity index (χ4v) is 2.86. The number of furan rings is 1. The molecule has 3 rings (SSSR count). The van der Waals surface area contributed by atoms with Gasteiger partial charge in [-0.3, -0.25) is 25.2 Å². The lowest BCUT2D eigenvalue weighted by Gasteiger charge is -2.21. The summed E-state index contributed by atoms with van der Waals surface area (Å²) in [6, 6.07) is 9.92. The van der Waals surface area contributed by atoms with Crippen molar-refractivity contribution >= 4 is 28.6 Å². The van der Waals surface area contributed by atoms with Crippen LogP contribution < -0.4 is 16.2 Å². The van der Waals surface area contributed by atoms with Crippen molar-refractivity contribution in [1.29, 1.82) is 0 Å². The van der Waals surface area contributed by atoms with Gasteiger partial charge in [-0.2, -0.15) is 0 Å². The predicted molar refractivity (Wildman–Crippen MR) is 103 cm³/mol. The van der Waals surface area contributed by atoms with E-state index >= 15 is 0 Å². The molecule has 0 aliphatic heterocycles. The van der Waals surface area contributed by atoms with Crippen LogP contribution in [0.5, 0.6) is 0 Å². The van der Waals surface area contributed by atoms with Crippen LogP contribution in [-0.4, -0.2) is 28.7 Å². The van der Waals surface area contributed by atoms with E-state index in [0.29, 0.717) is 0 Å². The van der Waals surface area contributed by atoms with Gasteiger partial charge < -0.3 is 14.7 Å². The van der Waals surface area contributed by atoms with Crippen LogP contribution in [0.15, 0.2) is 53.3 Å². The van der Waals surface area contributed by atoms with Gasteiger partial charge in [0.05, 0.1) is 12.7 Å². The average Bonchev–Trinajstić information content (AvgIpc) is 3.34. The largest absolute Gasteiger partial charge is 0.459 e. The number of carbonyl (C=O) groups is 3. The Morgan fingerprint density at radius 3 is 2.57 bits per heavy atom. The highest BCUT2D eigenvalue weighted by Crippen LogP contribution is 2.17. The second-order valence-corrected chi connectivity index (χ2v) is 6.75. The molecule has 8 nitrogen and oxygen atoms in total. The Bertz CT molecular complexity index is 975. The summed E-state index contributed by atoms with van der Waals surface area (Å²) in [5.74, 6) is -1.45. The first-order valence-corrected chi connectivity index (χ1v) is 8.93. The highest BCUT2D eigenvalue weighted by molar-refractivity contribution is 5.96. The minimum Gasteiger partial charge on any atom is -0.459 e. The van der Waals surface area contributed by atoms with Crippen LogP contribution in [0, 0.1) is 5.92 Å². The van der Waals surface area contributed by atoms with Gasteiger partial charge in [0.15, 0.2) is 5.76 Å². The van der Waals surface area contributed by atoms with E-state index in [4.69, 9.17) is 4.42 Å². The maximum Gasteiger partial charge on any atom is 0.287 e. The van der Waals surface area contributed by atoms with Crippen LogP contribution in [0.1, 0.15) is 30.0 Å². The number of hydrogen-bond acceptors (Lipinski definition) is 4. The van der Waals surface area contributed by atoms with Gasteiger partial charge in [-0.1, -0.05) is 32.0 Å². The maximum atomic E-state index is 12.4. The minimum absolute atomic E-state index is 0.107. The minimum atomic E-state index is -0.828. The van der Waals surface area contributed by atoms with Crippen molar-refractivity contribution in [2.24, 2.45) is 5.92 Å². The molecule has 0 saturated heterocycles. The average molecular weight is 382 g/mol. The number of aromatic nitrogens is 1. The second-order valence-electron chi connectivity index (χ2n) is 6.75. The zero-order chi connectivity index (χ0) is 20.1. The van der Waals surface area contributed by atoms with Gasteiger partial charge in [0.25, 0.3) is 11.8 Å². The highest BCUT2D eigenvalue weighted by Gasteiger charge is 2.26. The lowest BCUT2D eigenvalue weighted by Crippen LogP contribution is -2.54. The smallest absolute Gasteiger partial charge is 0.287 e. The third-order valence-corrected chi connectivity index (χ3v) is 4.33. The number of para-hydroxylation sites is 1. The number of hydrogen-bond donors (Lipinski definition) is 4. The highest BCUT2D eigenvalue weighted by atomic mass is 16.3. The van der Waals surface area contributed by atoms with Crippen LogP contribution in [0.25, 0.3) is 10.9 Å². The van der Waals surface area contributed by atoms with Gasteiger partial charge in [-0.05, 0) is 29.7 Å². The van der Waals surface area contributed by atoms with Crippen molar-refractivity contribution in [2.45, 2.75) is 26.3 Å². The van der Waals surface area contributed by atoms with Crippen molar-refractivity contribution in [2.75, 3.05) is 0 Å². The van der Waals surface area contributed by atoms with Crippen LogP contribution in [0.4, 0.5) is 0 Å². The van der Waals surface area contributed by atoms with Crippen LogP contribution >= 0.6 is 0 Å². The molecular weight excluding hydrogens is 360 g/mol. The van der Waals surface area contributed by atoms with Crippen molar-refractivity contribution in [3.8, 4) is 0 Å². The van der Waals surface area contributed by atoms with Gasteiger partial charge in [0.2, 0.25) is 5.91 Å². The van der Waals surface area contributed by atoms with E-state index in [9.17, 15) is 14.4 Å². The number of H-pyrrole nitrogens is 1. The van der Waals surface area contributed by atoms with E-state index in [2.05, 4.69) is 21.2 Å². The van der Waals surface area contributed by atoms with Crippen molar-refractivity contribution < 1.29 is 18.8 Å².